The molecule has 20 heteroatoms. The summed E-state index contributed by atoms with van der Waals surface area (Å²) in [5.74, 6) is -1.71. The third-order valence-corrected chi connectivity index (χ3v) is 14.4. The molecule has 1 aliphatic carbocycles. The molecule has 3 aromatic carbocycles. The summed E-state index contributed by atoms with van der Waals surface area (Å²) in [6.45, 7) is 10.7. The second-order valence-electron chi connectivity index (χ2n) is 19.4. The quantitative estimate of drug-likeness (QED) is 0.149. The zero-order valence-corrected chi connectivity index (χ0v) is 38.5. The number of H-pyrrole nitrogens is 1. The van der Waals surface area contributed by atoms with Crippen LogP contribution in [-0.4, -0.2) is 79.1 Å². The van der Waals surface area contributed by atoms with E-state index < -0.39 is 47.4 Å². The van der Waals surface area contributed by atoms with E-state index >= 15 is 13.6 Å². The van der Waals surface area contributed by atoms with Crippen LogP contribution in [0.5, 0.6) is 0 Å². The number of ether oxygens (including phenoxy) is 1. The molecule has 15 nitrogen and oxygen atoms in total. The van der Waals surface area contributed by atoms with Crippen LogP contribution in [0.2, 0.25) is 0 Å². The Kier molecular flexibility index (Phi) is 9.95. The first kappa shape index (κ1) is 44.4. The fourth-order valence-electron chi connectivity index (χ4n) is 11.0. The Bertz CT molecular complexity index is 3510. The topological polar surface area (TPSA) is 156 Å². The van der Waals surface area contributed by atoms with E-state index in [2.05, 4.69) is 41.2 Å². The average molecular weight is 951 g/mol. The highest BCUT2D eigenvalue weighted by molar-refractivity contribution is 6.00. The molecule has 4 atom stereocenters. The molecule has 1 N–H and O–H groups in total. The highest BCUT2D eigenvalue weighted by Crippen LogP contribution is 2.56. The predicted molar refractivity (Wildman–Crippen MR) is 242 cm³/mol. The fourth-order valence-corrected chi connectivity index (χ4v) is 11.0. The van der Waals surface area contributed by atoms with E-state index in [0.29, 0.717) is 57.3 Å². The standard InChI is InChI=1S/C49H47F5N10O5/c1-25-17-32(18-26(2)40(25)50)64-42(61-15-14-60(46(61)67)37-10-9-36-33(41(37)51)23-55-62(36)24-49(52,53)54)39-28(4)59(13-11-34(39)57-64)43(65)38-20-31-19-29(30-12-16-68-47(5,6)22-30)7-8-35(31)63(38)48(21-27(48)3)44-56-45(66)69-58-44/h7-10,14-15,17-20,23,27-28,30H,11-13,16,21-22,24H2,1-6H3,(H,56,58,66)/t27-,28-,30?,48-/m0/s1. The van der Waals surface area contributed by atoms with Crippen molar-refractivity contribution in [2.75, 3.05) is 13.2 Å². The van der Waals surface area contributed by atoms with E-state index in [1.807, 2.05) is 30.5 Å². The van der Waals surface area contributed by atoms with E-state index in [1.54, 1.807) is 30.9 Å². The second kappa shape index (κ2) is 15.5. The van der Waals surface area contributed by atoms with Crippen LogP contribution in [0.25, 0.3) is 39.0 Å². The maximum absolute atomic E-state index is 16.3. The number of carbonyl (C=O) groups excluding carboxylic acids is 1. The number of imidazole rings is 1. The van der Waals surface area contributed by atoms with Gasteiger partial charge in [-0.1, -0.05) is 18.1 Å². The van der Waals surface area contributed by atoms with Crippen LogP contribution in [0.1, 0.15) is 103 Å². The fraction of sp³-hybridized carbons (Fsp3) is 0.388. The monoisotopic (exact) mass is 950 g/mol. The SMILES string of the molecule is Cc1cc(-n2nc3c(c2-n2ccn(-c4ccc5c(cnn5CC(F)(F)F)c4F)c2=O)[C@H](C)N(C(=O)c2cc4cc(C5CCOC(C)(C)C5)ccc4n2[C@@]2(c4noc(=O)[nH]4)C[C@@H]2C)CC3)cc(C)c1F. The normalized spacial score (nSPS) is 21.4. The number of aryl methyl sites for hydroxylation is 2. The van der Waals surface area contributed by atoms with Gasteiger partial charge in [-0.05, 0) is 125 Å². The first-order chi connectivity index (χ1) is 32.7. The minimum absolute atomic E-state index is 0.0493. The lowest BCUT2D eigenvalue weighted by molar-refractivity contribution is -0.141. The number of halogens is 5. The number of nitrogens with one attached hydrogen (secondary N) is 1. The van der Waals surface area contributed by atoms with Crippen molar-refractivity contribution in [1.82, 2.24) is 48.3 Å². The van der Waals surface area contributed by atoms with Gasteiger partial charge in [0.2, 0.25) is 0 Å². The smallest absolute Gasteiger partial charge is 0.376 e. The number of fused-ring (bicyclic) bond motifs is 3. The molecule has 1 amide bonds. The first-order valence-corrected chi connectivity index (χ1v) is 22.8. The average Bonchev–Trinajstić information content (AvgIpc) is 3.93. The highest BCUT2D eigenvalue weighted by Gasteiger charge is 2.59. The van der Waals surface area contributed by atoms with Gasteiger partial charge in [0, 0.05) is 48.4 Å². The molecule has 0 radical (unpaired) electrons. The van der Waals surface area contributed by atoms with Crippen LogP contribution < -0.4 is 11.4 Å². The molecule has 8 aromatic rings. The number of aromatic amines is 1. The van der Waals surface area contributed by atoms with Crippen molar-refractivity contribution in [3.05, 3.63) is 139 Å². The number of alkyl halides is 3. The first-order valence-electron chi connectivity index (χ1n) is 22.8. The lowest BCUT2D eigenvalue weighted by Gasteiger charge is -2.35. The maximum Gasteiger partial charge on any atom is 0.438 e. The second-order valence-corrected chi connectivity index (χ2v) is 19.4. The van der Waals surface area contributed by atoms with Gasteiger partial charge < -0.3 is 14.2 Å². The van der Waals surface area contributed by atoms with Gasteiger partial charge in [-0.15, -0.1) is 0 Å². The maximum atomic E-state index is 16.3. The minimum atomic E-state index is -4.61. The molecule has 3 aliphatic rings. The van der Waals surface area contributed by atoms with Gasteiger partial charge in [0.1, 0.15) is 29.4 Å². The molecule has 69 heavy (non-hydrogen) atoms. The molecule has 1 saturated carbocycles. The largest absolute Gasteiger partial charge is 0.438 e. The van der Waals surface area contributed by atoms with Crippen molar-refractivity contribution in [2.45, 2.75) is 103 Å². The molecule has 358 valence electrons. The molecule has 2 aliphatic heterocycles. The highest BCUT2D eigenvalue weighted by atomic mass is 19.4. The zero-order valence-electron chi connectivity index (χ0n) is 38.5. The van der Waals surface area contributed by atoms with Crippen LogP contribution in [0.3, 0.4) is 0 Å². The van der Waals surface area contributed by atoms with Gasteiger partial charge in [0.05, 0.1) is 45.8 Å². The van der Waals surface area contributed by atoms with Crippen molar-refractivity contribution in [2.24, 2.45) is 5.92 Å². The van der Waals surface area contributed by atoms with Crippen LogP contribution in [0, 0.1) is 31.4 Å². The number of aromatic nitrogens is 9. The molecule has 0 bridgehead atoms. The summed E-state index contributed by atoms with van der Waals surface area (Å²) in [5.41, 5.74) is 2.12. The molecular weight excluding hydrogens is 904 g/mol. The molecule has 0 spiro atoms. The molecular formula is C49H47F5N10O5. The van der Waals surface area contributed by atoms with Crippen molar-refractivity contribution in [3.8, 4) is 17.2 Å². The van der Waals surface area contributed by atoms with Crippen LogP contribution >= 0.6 is 0 Å². The van der Waals surface area contributed by atoms with Crippen LogP contribution in [-0.2, 0) is 23.2 Å². The number of hydrogen-bond acceptors (Lipinski definition) is 8. The Labute approximate surface area is 389 Å². The van der Waals surface area contributed by atoms with Crippen molar-refractivity contribution < 1.29 is 36.0 Å². The van der Waals surface area contributed by atoms with Crippen molar-refractivity contribution in [1.29, 1.82) is 0 Å². The number of carbonyl (C=O) groups is 1. The summed E-state index contributed by atoms with van der Waals surface area (Å²) in [6, 6.07) is 13.1. The van der Waals surface area contributed by atoms with Gasteiger partial charge in [-0.25, -0.2) is 23.1 Å². The number of rotatable bonds is 8. The Morgan fingerprint density at radius 2 is 1.67 bits per heavy atom. The summed E-state index contributed by atoms with van der Waals surface area (Å²) in [4.78, 5) is 47.2. The third-order valence-electron chi connectivity index (χ3n) is 14.4. The summed E-state index contributed by atoms with van der Waals surface area (Å²) in [5, 5.41) is 13.5. The van der Waals surface area contributed by atoms with Crippen molar-refractivity contribution in [3.63, 3.8) is 0 Å². The van der Waals surface area contributed by atoms with Gasteiger partial charge in [0.25, 0.3) is 5.91 Å². The van der Waals surface area contributed by atoms with Crippen LogP contribution in [0.4, 0.5) is 22.0 Å². The lowest BCUT2D eigenvalue weighted by Crippen LogP contribution is -2.41. The Morgan fingerprint density at radius 1 is 0.942 bits per heavy atom. The number of amides is 1. The van der Waals surface area contributed by atoms with Crippen molar-refractivity contribution >= 4 is 27.7 Å². The number of nitrogens with zero attached hydrogens (tertiary/aromatic N) is 9. The van der Waals surface area contributed by atoms with E-state index in [1.165, 1.54) is 33.8 Å². The van der Waals surface area contributed by atoms with E-state index in [9.17, 15) is 22.8 Å². The number of hydrogen-bond donors (Lipinski definition) is 1. The molecule has 7 heterocycles. The minimum Gasteiger partial charge on any atom is -0.376 e. The molecule has 5 aromatic heterocycles. The summed E-state index contributed by atoms with van der Waals surface area (Å²) in [6.07, 6.45) is 1.63. The Morgan fingerprint density at radius 3 is 2.35 bits per heavy atom. The summed E-state index contributed by atoms with van der Waals surface area (Å²) >= 11 is 0. The molecule has 1 unspecified atom stereocenters. The van der Waals surface area contributed by atoms with Crippen LogP contribution in [0.15, 0.2) is 81.2 Å². The van der Waals surface area contributed by atoms with Gasteiger partial charge >= 0.3 is 17.6 Å². The van der Waals surface area contributed by atoms with Gasteiger partial charge in [-0.3, -0.25) is 28.1 Å². The zero-order chi connectivity index (χ0) is 48.6. The Balaban J connectivity index is 1.04. The van der Waals surface area contributed by atoms with E-state index in [-0.39, 0.29) is 58.7 Å². The molecule has 11 rings (SSSR count). The predicted octanol–water partition coefficient (Wildman–Crippen LogP) is 8.47. The molecule has 2 fully saturated rings. The van der Waals surface area contributed by atoms with E-state index in [4.69, 9.17) is 14.4 Å². The lowest BCUT2D eigenvalue weighted by atomic mass is 9.83. The Hall–Kier alpha value is -7.09. The number of benzene rings is 3. The van der Waals surface area contributed by atoms with E-state index in [0.717, 1.165) is 40.1 Å². The van der Waals surface area contributed by atoms with Gasteiger partial charge in [-0.2, -0.15) is 23.4 Å². The summed E-state index contributed by atoms with van der Waals surface area (Å²) < 4.78 is 88.9. The molecule has 1 saturated heterocycles. The summed E-state index contributed by atoms with van der Waals surface area (Å²) in [7, 11) is 0. The van der Waals surface area contributed by atoms with Gasteiger partial charge in [0.15, 0.2) is 11.6 Å². The third kappa shape index (κ3) is 7.07.